The summed E-state index contributed by atoms with van der Waals surface area (Å²) in [5.74, 6) is 1.13. The van der Waals surface area contributed by atoms with Gasteiger partial charge in [0.2, 0.25) is 5.91 Å². The van der Waals surface area contributed by atoms with Gasteiger partial charge in [0.15, 0.2) is 5.65 Å². The zero-order valence-electron chi connectivity index (χ0n) is 16.3. The molecule has 1 aliphatic carbocycles. The molecule has 3 heterocycles. The van der Waals surface area contributed by atoms with E-state index in [-0.39, 0.29) is 17.7 Å². The van der Waals surface area contributed by atoms with Gasteiger partial charge in [-0.3, -0.25) is 9.48 Å². The number of aromatic nitrogens is 5. The molecular weight excluding hydrogens is 422 g/mol. The average molecular weight is 446 g/mol. The number of nitrogens with zero attached hydrogens (tertiary/aromatic N) is 6. The van der Waals surface area contributed by atoms with Crippen molar-refractivity contribution in [3.63, 3.8) is 0 Å². The van der Waals surface area contributed by atoms with Crippen molar-refractivity contribution in [2.75, 3.05) is 19.8 Å². The van der Waals surface area contributed by atoms with E-state index in [1.54, 1.807) is 26.5 Å². The Morgan fingerprint density at radius 3 is 2.54 bits per heavy atom. The number of nitrogens with two attached hydrogens (primary N) is 1. The predicted molar refractivity (Wildman–Crippen MR) is 111 cm³/mol. The van der Waals surface area contributed by atoms with Crippen LogP contribution in [-0.2, 0) is 11.8 Å². The highest BCUT2D eigenvalue weighted by molar-refractivity contribution is 9.10. The van der Waals surface area contributed by atoms with Gasteiger partial charge in [0.25, 0.3) is 0 Å². The molecule has 0 atom stereocenters. The zero-order valence-corrected chi connectivity index (χ0v) is 17.8. The van der Waals surface area contributed by atoms with Crippen LogP contribution in [0.15, 0.2) is 23.1 Å². The maximum atomic E-state index is 12.3. The van der Waals surface area contributed by atoms with Gasteiger partial charge in [0.05, 0.1) is 22.6 Å². The summed E-state index contributed by atoms with van der Waals surface area (Å²) >= 11 is 3.63. The summed E-state index contributed by atoms with van der Waals surface area (Å²) in [6.07, 6.45) is 9.09. The topological polar surface area (TPSA) is 94.3 Å². The number of hydrogen-bond donors (Lipinski definition) is 1. The first-order valence-corrected chi connectivity index (χ1v) is 10.2. The molecule has 2 N–H and O–H groups in total. The Bertz CT molecular complexity index is 1030. The van der Waals surface area contributed by atoms with Crippen molar-refractivity contribution in [3.8, 4) is 11.1 Å². The van der Waals surface area contributed by atoms with Crippen molar-refractivity contribution in [2.24, 2.45) is 13.0 Å². The quantitative estimate of drug-likeness (QED) is 0.668. The number of carbonyl (C=O) groups is 1. The van der Waals surface area contributed by atoms with E-state index in [2.05, 4.69) is 26.1 Å². The molecule has 28 heavy (non-hydrogen) atoms. The molecular formula is C19H24BrN7O. The van der Waals surface area contributed by atoms with Crippen molar-refractivity contribution in [1.29, 1.82) is 0 Å². The number of carbonyl (C=O) groups excluding carboxylic acids is 1. The van der Waals surface area contributed by atoms with Gasteiger partial charge < -0.3 is 10.6 Å². The zero-order chi connectivity index (χ0) is 20.0. The van der Waals surface area contributed by atoms with Crippen LogP contribution in [0.4, 0.5) is 5.82 Å². The van der Waals surface area contributed by atoms with Gasteiger partial charge in [-0.25, -0.2) is 4.98 Å². The lowest BCUT2D eigenvalue weighted by Gasteiger charge is -2.29. The molecule has 0 radical (unpaired) electrons. The van der Waals surface area contributed by atoms with Gasteiger partial charge >= 0.3 is 0 Å². The molecule has 8 nitrogen and oxygen atoms in total. The van der Waals surface area contributed by atoms with Crippen LogP contribution in [0.5, 0.6) is 0 Å². The number of fused-ring (bicyclic) bond motifs is 1. The van der Waals surface area contributed by atoms with Crippen molar-refractivity contribution in [3.05, 3.63) is 28.8 Å². The average Bonchev–Trinajstić information content (AvgIpc) is 3.30. The van der Waals surface area contributed by atoms with Crippen LogP contribution in [0.2, 0.25) is 0 Å². The third-order valence-corrected chi connectivity index (χ3v) is 6.38. The molecule has 1 aliphatic rings. The standard InChI is InChI=1S/C19H24BrN7O/c1-25(2)19(28)12-6-4-11(5-7-12)16-15(20)17(21)27-18(24-16)14(9-23-27)13-8-22-26(3)10-13/h8-12H,4-7,21H2,1-3H3. The summed E-state index contributed by atoms with van der Waals surface area (Å²) in [7, 11) is 5.52. The number of halogens is 1. The molecule has 4 rings (SSSR count). The van der Waals surface area contributed by atoms with Crippen molar-refractivity contribution >= 4 is 33.3 Å². The lowest BCUT2D eigenvalue weighted by atomic mass is 9.80. The minimum atomic E-state index is 0.104. The van der Waals surface area contributed by atoms with E-state index in [4.69, 9.17) is 10.7 Å². The minimum absolute atomic E-state index is 0.104. The summed E-state index contributed by atoms with van der Waals surface area (Å²) < 4.78 is 4.21. The second-order valence-corrected chi connectivity index (χ2v) is 8.47. The number of nitrogen functional groups attached to an aromatic ring is 1. The fourth-order valence-electron chi connectivity index (χ4n) is 4.03. The first-order chi connectivity index (χ1) is 13.4. The SMILES string of the molecule is CN(C)C(=O)C1CCC(c2nc3c(-c4cnn(C)c4)cnn3c(N)c2Br)CC1. The van der Waals surface area contributed by atoms with Crippen molar-refractivity contribution in [2.45, 2.75) is 31.6 Å². The van der Waals surface area contributed by atoms with Crippen molar-refractivity contribution < 1.29 is 4.79 Å². The summed E-state index contributed by atoms with van der Waals surface area (Å²) in [4.78, 5) is 18.9. The highest BCUT2D eigenvalue weighted by Gasteiger charge is 2.31. The molecule has 1 fully saturated rings. The second-order valence-electron chi connectivity index (χ2n) is 7.67. The molecule has 1 amide bonds. The van der Waals surface area contributed by atoms with E-state index in [1.165, 1.54) is 0 Å². The van der Waals surface area contributed by atoms with Crippen LogP contribution in [0.25, 0.3) is 16.8 Å². The van der Waals surface area contributed by atoms with Crippen LogP contribution < -0.4 is 5.73 Å². The third kappa shape index (κ3) is 3.17. The lowest BCUT2D eigenvalue weighted by Crippen LogP contribution is -2.32. The van der Waals surface area contributed by atoms with Crippen LogP contribution >= 0.6 is 15.9 Å². The molecule has 0 unspecified atom stereocenters. The molecule has 0 aliphatic heterocycles. The number of anilines is 1. The summed E-state index contributed by atoms with van der Waals surface area (Å²) in [6, 6.07) is 0. The first-order valence-electron chi connectivity index (χ1n) is 9.39. The summed E-state index contributed by atoms with van der Waals surface area (Å²) in [5, 5.41) is 8.66. The van der Waals surface area contributed by atoms with Crippen LogP contribution in [-0.4, -0.2) is 49.3 Å². The fourth-order valence-corrected chi connectivity index (χ4v) is 4.61. The van der Waals surface area contributed by atoms with Gasteiger partial charge in [0, 0.05) is 50.3 Å². The molecule has 9 heteroatoms. The van der Waals surface area contributed by atoms with Gasteiger partial charge in [-0.2, -0.15) is 14.7 Å². The van der Waals surface area contributed by atoms with E-state index in [9.17, 15) is 4.79 Å². The smallest absolute Gasteiger partial charge is 0.225 e. The Morgan fingerprint density at radius 2 is 1.93 bits per heavy atom. The highest BCUT2D eigenvalue weighted by Crippen LogP contribution is 2.40. The molecule has 3 aromatic heterocycles. The van der Waals surface area contributed by atoms with Crippen LogP contribution in [0.1, 0.15) is 37.3 Å². The normalized spacial score (nSPS) is 19.9. The van der Waals surface area contributed by atoms with E-state index in [0.717, 1.165) is 52.6 Å². The van der Waals surface area contributed by atoms with Gasteiger partial charge in [-0.1, -0.05) is 0 Å². The maximum Gasteiger partial charge on any atom is 0.225 e. The summed E-state index contributed by atoms with van der Waals surface area (Å²) in [6.45, 7) is 0. The van der Waals surface area contributed by atoms with E-state index >= 15 is 0 Å². The largest absolute Gasteiger partial charge is 0.383 e. The van der Waals surface area contributed by atoms with Crippen LogP contribution in [0, 0.1) is 5.92 Å². The summed E-state index contributed by atoms with van der Waals surface area (Å²) in [5.41, 5.74) is 9.92. The minimum Gasteiger partial charge on any atom is -0.383 e. The second kappa shape index (κ2) is 7.20. The molecule has 0 saturated heterocycles. The molecule has 0 bridgehead atoms. The van der Waals surface area contributed by atoms with Gasteiger partial charge in [-0.05, 0) is 41.6 Å². The predicted octanol–water partition coefficient (Wildman–Crippen LogP) is 2.84. The molecule has 1 saturated carbocycles. The number of hydrogen-bond acceptors (Lipinski definition) is 5. The molecule has 148 valence electrons. The Labute approximate surface area is 171 Å². The Morgan fingerprint density at radius 1 is 1.21 bits per heavy atom. The monoisotopic (exact) mass is 445 g/mol. The fraction of sp³-hybridized carbons (Fsp3) is 0.474. The highest BCUT2D eigenvalue weighted by atomic mass is 79.9. The van der Waals surface area contributed by atoms with Gasteiger partial charge in [-0.15, -0.1) is 0 Å². The Kier molecular flexibility index (Phi) is 4.86. The third-order valence-electron chi connectivity index (χ3n) is 5.57. The molecule has 0 aromatic carbocycles. The van der Waals surface area contributed by atoms with E-state index in [1.807, 2.05) is 27.3 Å². The molecule has 0 spiro atoms. The Hall–Kier alpha value is -2.42. The van der Waals surface area contributed by atoms with Crippen molar-refractivity contribution in [1.82, 2.24) is 29.3 Å². The lowest BCUT2D eigenvalue weighted by molar-refractivity contribution is -0.134. The Balaban J connectivity index is 1.68. The maximum absolute atomic E-state index is 12.3. The number of aryl methyl sites for hydroxylation is 1. The molecule has 3 aromatic rings. The first kappa shape index (κ1) is 18.9. The number of rotatable bonds is 3. The van der Waals surface area contributed by atoms with E-state index in [0.29, 0.717) is 5.82 Å². The van der Waals surface area contributed by atoms with Crippen LogP contribution in [0.3, 0.4) is 0 Å². The number of amides is 1. The van der Waals surface area contributed by atoms with Gasteiger partial charge in [0.1, 0.15) is 5.82 Å². The van der Waals surface area contributed by atoms with E-state index < -0.39 is 0 Å².